The van der Waals surface area contributed by atoms with Crippen molar-refractivity contribution in [3.63, 3.8) is 0 Å². The molecule has 9 nitrogen and oxygen atoms in total. The third-order valence-electron chi connectivity index (χ3n) is 2.32. The first kappa shape index (κ1) is 17.7. The number of amides is 1. The number of aliphatic carboxylic acids is 1. The number of carboxylic acids is 1. The Kier molecular flexibility index (Phi) is 8.48. The Labute approximate surface area is 117 Å². The van der Waals surface area contributed by atoms with Crippen LogP contribution in [0.3, 0.4) is 0 Å². The van der Waals surface area contributed by atoms with Crippen LogP contribution >= 0.6 is 0 Å². The predicted molar refractivity (Wildman–Crippen MR) is 76.0 cm³/mol. The third kappa shape index (κ3) is 8.72. The third-order valence-corrected chi connectivity index (χ3v) is 2.32. The maximum atomic E-state index is 10.4. The van der Waals surface area contributed by atoms with Crippen LogP contribution in [0.15, 0.2) is 9.98 Å². The van der Waals surface area contributed by atoms with Gasteiger partial charge in [-0.25, -0.2) is 4.79 Å². The van der Waals surface area contributed by atoms with Crippen molar-refractivity contribution in [2.24, 2.45) is 27.2 Å². The topological polar surface area (TPSA) is 169 Å². The molecule has 0 aromatic heterocycles. The van der Waals surface area contributed by atoms with Gasteiger partial charge in [0.2, 0.25) is 11.9 Å². The van der Waals surface area contributed by atoms with E-state index in [4.69, 9.17) is 22.3 Å². The second kappa shape index (κ2) is 9.59. The van der Waals surface area contributed by atoms with Crippen molar-refractivity contribution in [2.75, 3.05) is 6.54 Å². The van der Waals surface area contributed by atoms with Gasteiger partial charge in [0.15, 0.2) is 5.96 Å². The molecule has 20 heavy (non-hydrogen) atoms. The molecule has 0 aromatic rings. The fourth-order valence-electron chi connectivity index (χ4n) is 1.32. The molecule has 1 heterocycles. The number of carbonyl (C=O) groups excluding carboxylic acids is 1. The molecule has 0 aromatic carbocycles. The van der Waals surface area contributed by atoms with Gasteiger partial charge >= 0.3 is 5.97 Å². The minimum Gasteiger partial charge on any atom is -0.480 e. The lowest BCUT2D eigenvalue weighted by atomic mass is 10.2. The summed E-state index contributed by atoms with van der Waals surface area (Å²) in [5.41, 5.74) is 15.4. The van der Waals surface area contributed by atoms with Gasteiger partial charge in [0, 0.05) is 13.0 Å². The summed E-state index contributed by atoms with van der Waals surface area (Å²) in [5.74, 6) is -1.01. The van der Waals surface area contributed by atoms with Crippen molar-refractivity contribution in [2.45, 2.75) is 38.6 Å². The number of nitrogens with two attached hydrogens (primary N) is 3. The van der Waals surface area contributed by atoms with Crippen LogP contribution in [-0.4, -0.2) is 41.5 Å². The summed E-state index contributed by atoms with van der Waals surface area (Å²) in [6.07, 6.45) is 2.85. The lowest BCUT2D eigenvalue weighted by molar-refractivity contribution is -0.140. The largest absolute Gasteiger partial charge is 0.480 e. The first-order valence-corrected chi connectivity index (χ1v) is 6.28. The predicted octanol–water partition coefficient (Wildman–Crippen LogP) is -1.28. The van der Waals surface area contributed by atoms with Gasteiger partial charge in [-0.2, -0.15) is 4.99 Å². The molecule has 0 aliphatic carbocycles. The Balaban J connectivity index is 0.000000367. The number of unbranched alkanes of at least 4 members (excludes halogenated alkanes) is 1. The van der Waals surface area contributed by atoms with Gasteiger partial charge in [0.25, 0.3) is 0 Å². The molecule has 1 aliphatic rings. The number of hydrogen-bond acceptors (Lipinski definition) is 3. The molecule has 1 atom stereocenters. The number of nitrogens with one attached hydrogen (secondary N) is 1. The van der Waals surface area contributed by atoms with Crippen molar-refractivity contribution in [1.29, 1.82) is 0 Å². The molecule has 0 bridgehead atoms. The first-order valence-electron chi connectivity index (χ1n) is 6.28. The monoisotopic (exact) mass is 286 g/mol. The van der Waals surface area contributed by atoms with Gasteiger partial charge in [-0.05, 0) is 12.8 Å². The smallest absolute Gasteiger partial charge is 0.326 e. The number of rotatable bonds is 4. The molecule has 9 heteroatoms. The average molecular weight is 286 g/mol. The summed E-state index contributed by atoms with van der Waals surface area (Å²) in [6, 6.07) is -0.641. The highest BCUT2D eigenvalue weighted by atomic mass is 16.4. The van der Waals surface area contributed by atoms with Crippen molar-refractivity contribution >= 4 is 23.8 Å². The molecule has 0 spiro atoms. The zero-order valence-electron chi connectivity index (χ0n) is 11.5. The quantitative estimate of drug-likeness (QED) is 0.245. The number of carbonyl (C=O) groups is 2. The van der Waals surface area contributed by atoms with Crippen LogP contribution in [0.25, 0.3) is 0 Å². The van der Waals surface area contributed by atoms with E-state index >= 15 is 0 Å². The summed E-state index contributed by atoms with van der Waals surface area (Å²) in [6.45, 7) is 2.76. The molecule has 0 unspecified atom stereocenters. The van der Waals surface area contributed by atoms with Gasteiger partial charge in [-0.3, -0.25) is 9.79 Å². The zero-order valence-corrected chi connectivity index (χ0v) is 11.5. The highest BCUT2D eigenvalue weighted by molar-refractivity contribution is 5.92. The van der Waals surface area contributed by atoms with E-state index in [1.807, 2.05) is 0 Å². The van der Waals surface area contributed by atoms with Gasteiger partial charge in [-0.1, -0.05) is 13.3 Å². The molecule has 0 saturated carbocycles. The van der Waals surface area contributed by atoms with Crippen molar-refractivity contribution in [1.82, 2.24) is 5.32 Å². The van der Waals surface area contributed by atoms with E-state index in [0.717, 1.165) is 12.8 Å². The Morgan fingerprint density at radius 2 is 2.10 bits per heavy atom. The van der Waals surface area contributed by atoms with Gasteiger partial charge < -0.3 is 27.6 Å². The van der Waals surface area contributed by atoms with Gasteiger partial charge in [-0.15, -0.1) is 0 Å². The highest BCUT2D eigenvalue weighted by Gasteiger charge is 2.26. The maximum Gasteiger partial charge on any atom is 0.326 e. The lowest BCUT2D eigenvalue weighted by Gasteiger charge is -1.99. The number of guanidine groups is 2. The average Bonchev–Trinajstić information content (AvgIpc) is 2.76. The lowest BCUT2D eigenvalue weighted by Crippen LogP contribution is -2.32. The van der Waals surface area contributed by atoms with E-state index in [9.17, 15) is 9.59 Å². The van der Waals surface area contributed by atoms with Crippen LogP contribution in [0.5, 0.6) is 0 Å². The second-order valence-electron chi connectivity index (χ2n) is 4.13. The fourth-order valence-corrected chi connectivity index (χ4v) is 1.32. The molecule has 114 valence electrons. The van der Waals surface area contributed by atoms with Gasteiger partial charge in [0.1, 0.15) is 6.04 Å². The molecule has 1 aliphatic heterocycles. The molecule has 1 saturated heterocycles. The zero-order chi connectivity index (χ0) is 15.5. The van der Waals surface area contributed by atoms with E-state index in [1.54, 1.807) is 0 Å². The number of carboxylic acid groups (broad SMARTS) is 1. The molecule has 1 rings (SSSR count). The van der Waals surface area contributed by atoms with Crippen LogP contribution in [-0.2, 0) is 9.59 Å². The fraction of sp³-hybridized carbons (Fsp3) is 0.636. The van der Waals surface area contributed by atoms with Gasteiger partial charge in [0.05, 0.1) is 0 Å². The Bertz CT molecular complexity index is 390. The van der Waals surface area contributed by atoms with Crippen molar-refractivity contribution in [3.05, 3.63) is 0 Å². The molecular formula is C11H22N6O3. The minimum absolute atomic E-state index is 0.0530. The van der Waals surface area contributed by atoms with Crippen LogP contribution in [0.1, 0.15) is 32.6 Å². The van der Waals surface area contributed by atoms with Crippen LogP contribution < -0.4 is 22.5 Å². The van der Waals surface area contributed by atoms with E-state index in [2.05, 4.69) is 22.2 Å². The molecular weight excluding hydrogens is 264 g/mol. The second-order valence-corrected chi connectivity index (χ2v) is 4.13. The minimum atomic E-state index is -0.944. The Hall–Kier alpha value is -2.32. The summed E-state index contributed by atoms with van der Waals surface area (Å²) in [7, 11) is 0. The summed E-state index contributed by atoms with van der Waals surface area (Å²) >= 11 is 0. The SMILES string of the molecule is CCCCN=C(N)N=C(N)N.O=C1CC[C@@H](C(=O)O)N1. The normalized spacial score (nSPS) is 17.8. The number of hydrogen-bond donors (Lipinski definition) is 5. The Morgan fingerprint density at radius 1 is 1.45 bits per heavy atom. The standard InChI is InChI=1S/C6H15N5.C5H7NO3/c1-2-3-4-10-6(9)11-5(7)8;7-4-2-1-3(6-4)5(8)9/h2-4H2,1H3,(H6,7,8,9,10,11);3H,1-2H2,(H,6,7)(H,8,9)/t;3-/m.0/s1. The Morgan fingerprint density at radius 3 is 2.45 bits per heavy atom. The highest BCUT2D eigenvalue weighted by Crippen LogP contribution is 2.05. The first-order chi connectivity index (χ1) is 9.36. The van der Waals surface area contributed by atoms with Crippen LogP contribution in [0, 0.1) is 0 Å². The molecule has 1 fully saturated rings. The molecule has 1 amide bonds. The maximum absolute atomic E-state index is 10.4. The van der Waals surface area contributed by atoms with Crippen molar-refractivity contribution in [3.8, 4) is 0 Å². The van der Waals surface area contributed by atoms with E-state index < -0.39 is 12.0 Å². The molecule has 0 radical (unpaired) electrons. The van der Waals surface area contributed by atoms with Crippen molar-refractivity contribution < 1.29 is 14.7 Å². The van der Waals surface area contributed by atoms with Crippen LogP contribution in [0.2, 0.25) is 0 Å². The summed E-state index contributed by atoms with van der Waals surface area (Å²) in [5, 5.41) is 10.6. The summed E-state index contributed by atoms with van der Waals surface area (Å²) in [4.78, 5) is 28.0. The summed E-state index contributed by atoms with van der Waals surface area (Å²) < 4.78 is 0. The van der Waals surface area contributed by atoms with E-state index in [1.165, 1.54) is 0 Å². The van der Waals surface area contributed by atoms with Crippen LogP contribution in [0.4, 0.5) is 0 Å². The molecule has 8 N–H and O–H groups in total. The van der Waals surface area contributed by atoms with E-state index in [0.29, 0.717) is 19.4 Å². The number of aliphatic imine (C=N–C) groups is 2. The van der Waals surface area contributed by atoms with E-state index in [-0.39, 0.29) is 17.8 Å². The number of nitrogens with zero attached hydrogens (tertiary/aromatic N) is 2.